The van der Waals surface area contributed by atoms with Crippen molar-refractivity contribution < 1.29 is 0 Å². The zero-order valence-electron chi connectivity index (χ0n) is 5.68. The van der Waals surface area contributed by atoms with E-state index in [9.17, 15) is 0 Å². The fourth-order valence-corrected chi connectivity index (χ4v) is 2.79. The summed E-state index contributed by atoms with van der Waals surface area (Å²) in [4.78, 5) is 0. The highest BCUT2D eigenvalue weighted by atomic mass is 32.2. The smallest absolute Gasteiger partial charge is 0.00703 e. The lowest BCUT2D eigenvalue weighted by atomic mass is 10.0. The lowest BCUT2D eigenvalue weighted by Crippen LogP contribution is -2.04. The summed E-state index contributed by atoms with van der Waals surface area (Å²) in [6.07, 6.45) is 2.81. The summed E-state index contributed by atoms with van der Waals surface area (Å²) in [6.45, 7) is 4.66. The molecule has 1 saturated heterocycles. The van der Waals surface area contributed by atoms with Crippen molar-refractivity contribution in [2.75, 3.05) is 5.75 Å². The first-order valence-corrected chi connectivity index (χ1v) is 4.51. The predicted molar refractivity (Wildman–Crippen MR) is 40.3 cm³/mol. The second-order valence-corrected chi connectivity index (χ2v) is 3.93. The molecule has 1 aliphatic rings. The van der Waals surface area contributed by atoms with Crippen LogP contribution in [0.5, 0.6) is 0 Å². The Morgan fingerprint density at radius 3 is 2.62 bits per heavy atom. The third-order valence-corrected chi connectivity index (χ3v) is 3.64. The Morgan fingerprint density at radius 2 is 2.38 bits per heavy atom. The van der Waals surface area contributed by atoms with Crippen molar-refractivity contribution in [1.82, 2.24) is 0 Å². The van der Waals surface area contributed by atoms with Gasteiger partial charge < -0.3 is 0 Å². The minimum atomic E-state index is 0.981. The Bertz CT molecular complexity index is 70.8. The molecular formula is C7H14S. The van der Waals surface area contributed by atoms with Crippen molar-refractivity contribution in [2.45, 2.75) is 31.9 Å². The molecule has 48 valence electrons. The van der Waals surface area contributed by atoms with E-state index in [2.05, 4.69) is 25.6 Å². The summed E-state index contributed by atoms with van der Waals surface area (Å²) in [7, 11) is 0. The summed E-state index contributed by atoms with van der Waals surface area (Å²) in [5.74, 6) is 2.39. The maximum atomic E-state index is 2.37. The topological polar surface area (TPSA) is 0 Å². The van der Waals surface area contributed by atoms with Gasteiger partial charge in [-0.2, -0.15) is 11.8 Å². The molecule has 1 heteroatoms. The molecule has 1 rings (SSSR count). The Labute approximate surface area is 56.0 Å². The highest BCUT2D eigenvalue weighted by Crippen LogP contribution is 2.33. The molecule has 1 heterocycles. The van der Waals surface area contributed by atoms with Gasteiger partial charge >= 0.3 is 0 Å². The van der Waals surface area contributed by atoms with Crippen molar-refractivity contribution in [3.05, 3.63) is 0 Å². The molecule has 1 aliphatic heterocycles. The normalized spacial score (nSPS) is 38.2. The average molecular weight is 130 g/mol. The molecule has 0 radical (unpaired) electrons. The molecule has 2 atom stereocenters. The van der Waals surface area contributed by atoms with Crippen molar-refractivity contribution in [2.24, 2.45) is 5.92 Å². The SMILES string of the molecule is CCC1SCCC1C. The minimum absolute atomic E-state index is 0.981. The van der Waals surface area contributed by atoms with Crippen LogP contribution in [0.1, 0.15) is 26.7 Å². The summed E-state index contributed by atoms with van der Waals surface area (Å²) < 4.78 is 0. The largest absolute Gasteiger partial charge is 0.158 e. The predicted octanol–water partition coefficient (Wildman–Crippen LogP) is 2.54. The lowest BCUT2D eigenvalue weighted by Gasteiger charge is -2.09. The van der Waals surface area contributed by atoms with Gasteiger partial charge in [-0.05, 0) is 24.5 Å². The molecule has 0 amide bonds. The molecule has 0 aliphatic carbocycles. The van der Waals surface area contributed by atoms with Crippen LogP contribution in [0.2, 0.25) is 0 Å². The maximum absolute atomic E-state index is 2.37. The Morgan fingerprint density at radius 1 is 1.62 bits per heavy atom. The van der Waals surface area contributed by atoms with E-state index in [4.69, 9.17) is 0 Å². The van der Waals surface area contributed by atoms with Crippen LogP contribution in [-0.2, 0) is 0 Å². The second kappa shape index (κ2) is 2.77. The molecule has 0 aromatic heterocycles. The molecular weight excluding hydrogens is 116 g/mol. The van der Waals surface area contributed by atoms with Crippen LogP contribution in [0.3, 0.4) is 0 Å². The van der Waals surface area contributed by atoms with Crippen LogP contribution < -0.4 is 0 Å². The Balaban J connectivity index is 2.30. The number of rotatable bonds is 1. The van der Waals surface area contributed by atoms with Gasteiger partial charge in [0.15, 0.2) is 0 Å². The highest BCUT2D eigenvalue weighted by Gasteiger charge is 2.21. The van der Waals surface area contributed by atoms with Crippen LogP contribution in [-0.4, -0.2) is 11.0 Å². The van der Waals surface area contributed by atoms with E-state index >= 15 is 0 Å². The van der Waals surface area contributed by atoms with Crippen LogP contribution in [0.15, 0.2) is 0 Å². The Hall–Kier alpha value is 0.350. The van der Waals surface area contributed by atoms with Gasteiger partial charge in [0.2, 0.25) is 0 Å². The van der Waals surface area contributed by atoms with E-state index in [1.54, 1.807) is 0 Å². The van der Waals surface area contributed by atoms with Gasteiger partial charge in [0, 0.05) is 5.25 Å². The van der Waals surface area contributed by atoms with E-state index < -0.39 is 0 Å². The Kier molecular flexibility index (Phi) is 2.24. The van der Waals surface area contributed by atoms with Gasteiger partial charge in [-0.3, -0.25) is 0 Å². The number of thioether (sulfide) groups is 1. The third-order valence-electron chi connectivity index (χ3n) is 1.94. The van der Waals surface area contributed by atoms with Gasteiger partial charge in [0.05, 0.1) is 0 Å². The molecule has 0 bridgehead atoms. The molecule has 2 unspecified atom stereocenters. The van der Waals surface area contributed by atoms with E-state index in [1.165, 1.54) is 18.6 Å². The van der Waals surface area contributed by atoms with Crippen molar-refractivity contribution in [1.29, 1.82) is 0 Å². The standard InChI is InChI=1S/C7H14S/c1-3-7-6(2)4-5-8-7/h6-7H,3-5H2,1-2H3. The molecule has 0 N–H and O–H groups in total. The summed E-state index contributed by atoms with van der Waals surface area (Å²) in [6, 6.07) is 0. The second-order valence-electron chi connectivity index (χ2n) is 2.58. The highest BCUT2D eigenvalue weighted by molar-refractivity contribution is 8.00. The van der Waals surface area contributed by atoms with Crippen LogP contribution in [0, 0.1) is 5.92 Å². The zero-order chi connectivity index (χ0) is 5.98. The molecule has 0 nitrogen and oxygen atoms in total. The van der Waals surface area contributed by atoms with Crippen LogP contribution in [0.4, 0.5) is 0 Å². The molecule has 0 spiro atoms. The van der Waals surface area contributed by atoms with Gasteiger partial charge in [-0.15, -0.1) is 0 Å². The first-order chi connectivity index (χ1) is 3.84. The summed E-state index contributed by atoms with van der Waals surface area (Å²) in [5.41, 5.74) is 0. The summed E-state index contributed by atoms with van der Waals surface area (Å²) >= 11 is 2.15. The molecule has 0 aromatic carbocycles. The summed E-state index contributed by atoms with van der Waals surface area (Å²) in [5, 5.41) is 0.981. The van der Waals surface area contributed by atoms with Gasteiger partial charge in [0.1, 0.15) is 0 Å². The third kappa shape index (κ3) is 1.19. The van der Waals surface area contributed by atoms with Crippen LogP contribution >= 0.6 is 11.8 Å². The van der Waals surface area contributed by atoms with Gasteiger partial charge in [-0.25, -0.2) is 0 Å². The quantitative estimate of drug-likeness (QED) is 0.525. The van der Waals surface area contributed by atoms with Crippen molar-refractivity contribution in [3.63, 3.8) is 0 Å². The van der Waals surface area contributed by atoms with Crippen molar-refractivity contribution >= 4 is 11.8 Å². The van der Waals surface area contributed by atoms with Gasteiger partial charge in [-0.1, -0.05) is 13.8 Å². The molecule has 8 heavy (non-hydrogen) atoms. The average Bonchev–Trinajstić information content (AvgIpc) is 2.14. The van der Waals surface area contributed by atoms with E-state index in [-0.39, 0.29) is 0 Å². The first kappa shape index (κ1) is 6.47. The first-order valence-electron chi connectivity index (χ1n) is 3.46. The van der Waals surface area contributed by atoms with Crippen molar-refractivity contribution in [3.8, 4) is 0 Å². The van der Waals surface area contributed by atoms with Gasteiger partial charge in [0.25, 0.3) is 0 Å². The lowest BCUT2D eigenvalue weighted by molar-refractivity contribution is 0.554. The van der Waals surface area contributed by atoms with E-state index in [0.717, 1.165) is 11.2 Å². The molecule has 0 saturated carbocycles. The number of hydrogen-bond donors (Lipinski definition) is 0. The van der Waals surface area contributed by atoms with Crippen LogP contribution in [0.25, 0.3) is 0 Å². The monoisotopic (exact) mass is 130 g/mol. The number of hydrogen-bond acceptors (Lipinski definition) is 1. The maximum Gasteiger partial charge on any atom is 0.00703 e. The fraction of sp³-hybridized carbons (Fsp3) is 1.00. The molecule has 1 fully saturated rings. The van der Waals surface area contributed by atoms with E-state index in [0.29, 0.717) is 0 Å². The molecule has 0 aromatic rings. The minimum Gasteiger partial charge on any atom is -0.158 e. The zero-order valence-corrected chi connectivity index (χ0v) is 6.50. The fourth-order valence-electron chi connectivity index (χ4n) is 1.28. The van der Waals surface area contributed by atoms with E-state index in [1.807, 2.05) is 0 Å².